The zero-order valence-electron chi connectivity index (χ0n) is 16.8. The second-order valence-electron chi connectivity index (χ2n) is 6.95. The van der Waals surface area contributed by atoms with E-state index >= 15 is 0 Å². The number of hydrogen-bond acceptors (Lipinski definition) is 4. The van der Waals surface area contributed by atoms with E-state index in [2.05, 4.69) is 42.6 Å². The highest BCUT2D eigenvalue weighted by molar-refractivity contribution is 5.79. The minimum Gasteiger partial charge on any atom is -0.493 e. The first-order chi connectivity index (χ1) is 12.6. The summed E-state index contributed by atoms with van der Waals surface area (Å²) >= 11 is 0. The van der Waals surface area contributed by atoms with Crippen LogP contribution in [0.5, 0.6) is 11.5 Å². The van der Waals surface area contributed by atoms with Gasteiger partial charge in [-0.2, -0.15) is 0 Å². The third-order valence-electron chi connectivity index (χ3n) is 4.76. The van der Waals surface area contributed by atoms with Crippen molar-refractivity contribution in [2.75, 3.05) is 47.9 Å². The molecule has 1 aromatic rings. The van der Waals surface area contributed by atoms with Crippen molar-refractivity contribution in [2.45, 2.75) is 32.2 Å². The summed E-state index contributed by atoms with van der Waals surface area (Å²) in [6.45, 7) is 4.61. The van der Waals surface area contributed by atoms with Gasteiger partial charge in [0.15, 0.2) is 17.5 Å². The molecule has 1 atom stereocenters. The molecule has 1 aliphatic rings. The lowest BCUT2D eigenvalue weighted by molar-refractivity contribution is 0.271. The predicted molar refractivity (Wildman–Crippen MR) is 107 cm³/mol. The fourth-order valence-electron chi connectivity index (χ4n) is 3.10. The second-order valence-corrected chi connectivity index (χ2v) is 6.95. The number of nitrogens with zero attached hydrogens (tertiary/aromatic N) is 2. The van der Waals surface area contributed by atoms with Crippen molar-refractivity contribution in [3.8, 4) is 11.5 Å². The van der Waals surface area contributed by atoms with E-state index in [4.69, 9.17) is 14.5 Å². The molecule has 0 spiro atoms. The Morgan fingerprint density at radius 3 is 2.50 bits per heavy atom. The Hall–Kier alpha value is -1.95. The van der Waals surface area contributed by atoms with Crippen molar-refractivity contribution >= 4 is 5.96 Å². The van der Waals surface area contributed by atoms with E-state index in [0.29, 0.717) is 6.04 Å². The van der Waals surface area contributed by atoms with Gasteiger partial charge in [-0.05, 0) is 63.9 Å². The largest absolute Gasteiger partial charge is 0.493 e. The highest BCUT2D eigenvalue weighted by atomic mass is 16.5. The van der Waals surface area contributed by atoms with Gasteiger partial charge in [0.05, 0.1) is 20.8 Å². The van der Waals surface area contributed by atoms with Crippen molar-refractivity contribution in [1.82, 2.24) is 15.5 Å². The average molecular weight is 363 g/mol. The molecule has 1 aromatic carbocycles. The van der Waals surface area contributed by atoms with E-state index in [0.717, 1.165) is 49.4 Å². The SMILES string of the molecule is CCNC(=NCC(C1CC1)N(C)C)NCCc1ccc(OC)c(OC)c1. The highest BCUT2D eigenvalue weighted by Crippen LogP contribution is 2.34. The first-order valence-electron chi connectivity index (χ1n) is 9.48. The summed E-state index contributed by atoms with van der Waals surface area (Å²) in [6.07, 6.45) is 3.56. The van der Waals surface area contributed by atoms with Crippen molar-refractivity contribution < 1.29 is 9.47 Å². The van der Waals surface area contributed by atoms with Crippen LogP contribution in [-0.4, -0.2) is 64.9 Å². The van der Waals surface area contributed by atoms with Gasteiger partial charge >= 0.3 is 0 Å². The number of ether oxygens (including phenoxy) is 2. The van der Waals surface area contributed by atoms with E-state index in [1.165, 1.54) is 18.4 Å². The van der Waals surface area contributed by atoms with Crippen LogP contribution >= 0.6 is 0 Å². The van der Waals surface area contributed by atoms with Crippen molar-refractivity contribution in [3.63, 3.8) is 0 Å². The number of hydrogen-bond donors (Lipinski definition) is 2. The Labute approximate surface area is 158 Å². The first-order valence-corrected chi connectivity index (χ1v) is 9.48. The molecule has 0 bridgehead atoms. The second kappa shape index (κ2) is 10.3. The van der Waals surface area contributed by atoms with Crippen LogP contribution in [0.4, 0.5) is 0 Å². The minimum absolute atomic E-state index is 0.538. The van der Waals surface area contributed by atoms with E-state index in [-0.39, 0.29) is 0 Å². The zero-order chi connectivity index (χ0) is 18.9. The number of guanidine groups is 1. The van der Waals surface area contributed by atoms with Crippen LogP contribution in [0.25, 0.3) is 0 Å². The van der Waals surface area contributed by atoms with Crippen molar-refractivity contribution in [1.29, 1.82) is 0 Å². The Morgan fingerprint density at radius 1 is 1.19 bits per heavy atom. The highest BCUT2D eigenvalue weighted by Gasteiger charge is 2.32. The molecule has 0 radical (unpaired) electrons. The summed E-state index contributed by atoms with van der Waals surface area (Å²) < 4.78 is 10.7. The van der Waals surface area contributed by atoms with E-state index < -0.39 is 0 Å². The molecule has 1 saturated carbocycles. The molecule has 0 aromatic heterocycles. The maximum absolute atomic E-state index is 5.37. The van der Waals surface area contributed by atoms with Gasteiger partial charge in [0.1, 0.15) is 0 Å². The standard InChI is InChI=1S/C20H34N4O2/c1-6-21-20(23-14-17(24(2)3)16-8-9-16)22-12-11-15-7-10-18(25-4)19(13-15)26-5/h7,10,13,16-17H,6,8-9,11-12,14H2,1-5H3,(H2,21,22,23). The fourth-order valence-corrected chi connectivity index (χ4v) is 3.10. The van der Waals surface area contributed by atoms with Gasteiger partial charge in [-0.3, -0.25) is 4.99 Å². The smallest absolute Gasteiger partial charge is 0.191 e. The Balaban J connectivity index is 1.88. The molecule has 1 fully saturated rings. The third-order valence-corrected chi connectivity index (χ3v) is 4.76. The van der Waals surface area contributed by atoms with Crippen molar-refractivity contribution in [3.05, 3.63) is 23.8 Å². The van der Waals surface area contributed by atoms with Crippen LogP contribution in [0, 0.1) is 5.92 Å². The molecule has 1 unspecified atom stereocenters. The summed E-state index contributed by atoms with van der Waals surface area (Å²) in [5, 5.41) is 6.78. The Kier molecular flexibility index (Phi) is 8.04. The Bertz CT molecular complexity index is 583. The number of nitrogens with one attached hydrogen (secondary N) is 2. The number of methoxy groups -OCH3 is 2. The summed E-state index contributed by atoms with van der Waals surface area (Å²) in [7, 11) is 7.61. The third kappa shape index (κ3) is 6.09. The maximum Gasteiger partial charge on any atom is 0.191 e. The fraction of sp³-hybridized carbons (Fsp3) is 0.650. The molecular formula is C20H34N4O2. The molecule has 0 heterocycles. The molecule has 0 aliphatic heterocycles. The minimum atomic E-state index is 0.538. The first kappa shape index (κ1) is 20.4. The molecule has 1 aliphatic carbocycles. The zero-order valence-corrected chi connectivity index (χ0v) is 16.8. The molecule has 26 heavy (non-hydrogen) atoms. The predicted octanol–water partition coefficient (Wildman–Crippen LogP) is 2.14. The van der Waals surface area contributed by atoms with Crippen molar-refractivity contribution in [2.24, 2.45) is 10.9 Å². The number of aliphatic imine (C=N–C) groups is 1. The van der Waals surface area contributed by atoms with Gasteiger partial charge < -0.3 is 25.0 Å². The molecule has 6 heteroatoms. The molecule has 0 saturated heterocycles. The van der Waals surface area contributed by atoms with Crippen LogP contribution in [0.15, 0.2) is 23.2 Å². The summed E-state index contributed by atoms with van der Waals surface area (Å²) in [5.74, 6) is 3.22. The van der Waals surface area contributed by atoms with Crippen LogP contribution in [0.2, 0.25) is 0 Å². The molecule has 6 nitrogen and oxygen atoms in total. The van der Waals surface area contributed by atoms with Crippen LogP contribution in [-0.2, 0) is 6.42 Å². The summed E-state index contributed by atoms with van der Waals surface area (Å²) in [5.41, 5.74) is 1.20. The molecule has 0 amide bonds. The van der Waals surface area contributed by atoms with E-state index in [1.807, 2.05) is 12.1 Å². The van der Waals surface area contributed by atoms with E-state index in [1.54, 1.807) is 14.2 Å². The van der Waals surface area contributed by atoms with Crippen LogP contribution in [0.1, 0.15) is 25.3 Å². The number of benzene rings is 1. The molecule has 2 N–H and O–H groups in total. The molecule has 2 rings (SSSR count). The van der Waals surface area contributed by atoms with Gasteiger partial charge in [-0.1, -0.05) is 6.07 Å². The van der Waals surface area contributed by atoms with E-state index in [9.17, 15) is 0 Å². The number of rotatable bonds is 10. The van der Waals surface area contributed by atoms with Gasteiger partial charge in [0, 0.05) is 19.1 Å². The van der Waals surface area contributed by atoms with Gasteiger partial charge in [0.25, 0.3) is 0 Å². The lowest BCUT2D eigenvalue weighted by atomic mass is 10.1. The summed E-state index contributed by atoms with van der Waals surface area (Å²) in [4.78, 5) is 7.10. The quantitative estimate of drug-likeness (QED) is 0.493. The summed E-state index contributed by atoms with van der Waals surface area (Å²) in [6, 6.07) is 6.59. The molecule has 146 valence electrons. The normalized spacial score (nSPS) is 15.7. The lowest BCUT2D eigenvalue weighted by Crippen LogP contribution is -2.40. The maximum atomic E-state index is 5.37. The Morgan fingerprint density at radius 2 is 1.92 bits per heavy atom. The lowest BCUT2D eigenvalue weighted by Gasteiger charge is -2.23. The van der Waals surface area contributed by atoms with Gasteiger partial charge in [-0.15, -0.1) is 0 Å². The van der Waals surface area contributed by atoms with Gasteiger partial charge in [0.2, 0.25) is 0 Å². The van der Waals surface area contributed by atoms with Crippen LogP contribution < -0.4 is 20.1 Å². The average Bonchev–Trinajstić information content (AvgIpc) is 3.46. The monoisotopic (exact) mass is 362 g/mol. The molecular weight excluding hydrogens is 328 g/mol. The van der Waals surface area contributed by atoms with Crippen LogP contribution in [0.3, 0.4) is 0 Å². The number of likely N-dealkylation sites (N-methyl/N-ethyl adjacent to an activating group) is 1. The van der Waals surface area contributed by atoms with Gasteiger partial charge in [-0.25, -0.2) is 0 Å². The topological polar surface area (TPSA) is 58.1 Å².